The van der Waals surface area contributed by atoms with Crippen molar-refractivity contribution < 1.29 is 0 Å². The Morgan fingerprint density at radius 1 is 0.854 bits per heavy atom. The predicted octanol–water partition coefficient (Wildman–Crippen LogP) is 6.67. The molecule has 5 aromatic rings. The maximum atomic E-state index is 13.8. The van der Waals surface area contributed by atoms with Crippen LogP contribution in [0.5, 0.6) is 0 Å². The van der Waals surface area contributed by atoms with Crippen LogP contribution >= 0.6 is 0 Å². The Bertz CT molecular complexity index is 1690. The van der Waals surface area contributed by atoms with Gasteiger partial charge in [-0.3, -0.25) is 9.69 Å². The van der Waals surface area contributed by atoms with E-state index in [9.17, 15) is 4.79 Å². The second-order valence-corrected chi connectivity index (χ2v) is 13.0. The molecule has 0 saturated heterocycles. The summed E-state index contributed by atoms with van der Waals surface area (Å²) in [6.07, 6.45) is 0. The van der Waals surface area contributed by atoms with Crippen LogP contribution in [0.1, 0.15) is 81.2 Å². The summed E-state index contributed by atoms with van der Waals surface area (Å²) in [5.41, 5.74) is 5.68. The Balaban J connectivity index is 1.70. The standard InChI is InChI=1S/C34H40N6O/c1-23-13-18-29-26(19-23)20-28(32(41)35-29)30(31-36-37-38-40(31)34(5,6)7)39(21-24-11-9-8-10-12-24)22-25-14-16-27(17-15-25)33(2,3)4/h8-20,30H,21-22H2,1-7H3,(H,35,41). The fraction of sp³-hybridized carbons (Fsp3) is 0.353. The number of H-pyrrole nitrogens is 1. The van der Waals surface area contributed by atoms with E-state index in [4.69, 9.17) is 0 Å². The number of aromatic nitrogens is 5. The first-order chi connectivity index (χ1) is 19.4. The number of aromatic amines is 1. The summed E-state index contributed by atoms with van der Waals surface area (Å²) in [7, 11) is 0. The van der Waals surface area contributed by atoms with Gasteiger partial charge in [-0.25, -0.2) is 4.68 Å². The maximum Gasteiger partial charge on any atom is 0.253 e. The van der Waals surface area contributed by atoms with E-state index in [0.29, 0.717) is 24.5 Å². The van der Waals surface area contributed by atoms with Gasteiger partial charge in [0, 0.05) is 24.2 Å². The molecule has 0 saturated carbocycles. The summed E-state index contributed by atoms with van der Waals surface area (Å²) in [5.74, 6) is 0.636. The van der Waals surface area contributed by atoms with Crippen molar-refractivity contribution >= 4 is 10.9 Å². The number of aryl methyl sites for hydroxylation is 1. The molecule has 7 nitrogen and oxygen atoms in total. The first-order valence-electron chi connectivity index (χ1n) is 14.2. The second-order valence-electron chi connectivity index (χ2n) is 13.0. The Kier molecular flexibility index (Phi) is 7.66. The highest BCUT2D eigenvalue weighted by molar-refractivity contribution is 5.79. The molecule has 212 valence electrons. The van der Waals surface area contributed by atoms with Crippen molar-refractivity contribution in [1.29, 1.82) is 0 Å². The van der Waals surface area contributed by atoms with Crippen molar-refractivity contribution in [3.8, 4) is 0 Å². The molecule has 0 amide bonds. The molecule has 0 fully saturated rings. The second kappa shape index (κ2) is 11.1. The molecule has 0 aliphatic carbocycles. The third-order valence-electron chi connectivity index (χ3n) is 7.50. The minimum atomic E-state index is -0.500. The maximum absolute atomic E-state index is 13.8. The zero-order chi connectivity index (χ0) is 29.4. The largest absolute Gasteiger partial charge is 0.322 e. The van der Waals surface area contributed by atoms with E-state index in [2.05, 4.69) is 116 Å². The smallest absolute Gasteiger partial charge is 0.253 e. The molecule has 7 heteroatoms. The van der Waals surface area contributed by atoms with E-state index in [1.165, 1.54) is 5.56 Å². The lowest BCUT2D eigenvalue weighted by molar-refractivity contribution is 0.184. The third kappa shape index (κ3) is 6.30. The number of fused-ring (bicyclic) bond motifs is 1. The van der Waals surface area contributed by atoms with Crippen molar-refractivity contribution in [3.63, 3.8) is 0 Å². The number of nitrogens with zero attached hydrogens (tertiary/aromatic N) is 5. The van der Waals surface area contributed by atoms with Crippen LogP contribution in [0.25, 0.3) is 10.9 Å². The Hall–Kier alpha value is -4.10. The van der Waals surface area contributed by atoms with Crippen LogP contribution in [0, 0.1) is 6.92 Å². The zero-order valence-corrected chi connectivity index (χ0v) is 25.1. The van der Waals surface area contributed by atoms with Crippen LogP contribution in [-0.2, 0) is 24.0 Å². The van der Waals surface area contributed by atoms with Crippen LogP contribution in [0.3, 0.4) is 0 Å². The molecule has 41 heavy (non-hydrogen) atoms. The van der Waals surface area contributed by atoms with Gasteiger partial charge in [-0.2, -0.15) is 0 Å². The minimum absolute atomic E-state index is 0.0656. The van der Waals surface area contributed by atoms with Gasteiger partial charge in [-0.15, -0.1) is 5.10 Å². The monoisotopic (exact) mass is 548 g/mol. The van der Waals surface area contributed by atoms with E-state index in [1.54, 1.807) is 0 Å². The molecule has 0 aliphatic heterocycles. The van der Waals surface area contributed by atoms with Gasteiger partial charge in [0.15, 0.2) is 5.82 Å². The van der Waals surface area contributed by atoms with Gasteiger partial charge >= 0.3 is 0 Å². The average Bonchev–Trinajstić information content (AvgIpc) is 3.40. The number of benzene rings is 3. The van der Waals surface area contributed by atoms with Crippen LogP contribution in [0.15, 0.2) is 83.7 Å². The van der Waals surface area contributed by atoms with E-state index in [-0.39, 0.29) is 16.5 Å². The highest BCUT2D eigenvalue weighted by atomic mass is 16.1. The summed E-state index contributed by atoms with van der Waals surface area (Å²) in [5, 5.41) is 14.0. The number of hydrogen-bond donors (Lipinski definition) is 1. The van der Waals surface area contributed by atoms with E-state index in [1.807, 2.05) is 41.1 Å². The number of nitrogens with one attached hydrogen (secondary N) is 1. The fourth-order valence-corrected chi connectivity index (χ4v) is 5.29. The van der Waals surface area contributed by atoms with E-state index >= 15 is 0 Å². The molecule has 0 bridgehead atoms. The molecular formula is C34H40N6O. The Morgan fingerprint density at radius 3 is 2.15 bits per heavy atom. The molecule has 1 atom stereocenters. The van der Waals surface area contributed by atoms with E-state index < -0.39 is 6.04 Å². The first-order valence-corrected chi connectivity index (χ1v) is 14.2. The molecule has 3 aromatic carbocycles. The molecule has 1 unspecified atom stereocenters. The quantitative estimate of drug-likeness (QED) is 0.246. The van der Waals surface area contributed by atoms with Crippen molar-refractivity contribution in [1.82, 2.24) is 30.1 Å². The summed E-state index contributed by atoms with van der Waals surface area (Å²) >= 11 is 0. The van der Waals surface area contributed by atoms with Crippen molar-refractivity contribution in [2.24, 2.45) is 0 Å². The van der Waals surface area contributed by atoms with Gasteiger partial charge < -0.3 is 4.98 Å². The SMILES string of the molecule is Cc1ccc2[nH]c(=O)c(C(c3nnnn3C(C)(C)C)N(Cc3ccccc3)Cc3ccc(C(C)(C)C)cc3)cc2c1. The summed E-state index contributed by atoms with van der Waals surface area (Å²) in [4.78, 5) is 19.3. The van der Waals surface area contributed by atoms with E-state index in [0.717, 1.165) is 27.6 Å². The zero-order valence-electron chi connectivity index (χ0n) is 25.1. The van der Waals surface area contributed by atoms with Gasteiger partial charge in [0.2, 0.25) is 0 Å². The van der Waals surface area contributed by atoms with Crippen LogP contribution in [0.2, 0.25) is 0 Å². The highest BCUT2D eigenvalue weighted by Crippen LogP contribution is 2.32. The van der Waals surface area contributed by atoms with Crippen LogP contribution in [-0.4, -0.2) is 30.1 Å². The number of rotatable bonds is 7. The number of pyridine rings is 1. The van der Waals surface area contributed by atoms with Crippen LogP contribution < -0.4 is 5.56 Å². The molecule has 0 aliphatic rings. The lowest BCUT2D eigenvalue weighted by atomic mass is 9.86. The Morgan fingerprint density at radius 2 is 1.51 bits per heavy atom. The Labute approximate surface area is 242 Å². The first kappa shape index (κ1) is 28.4. The molecule has 5 rings (SSSR count). The lowest BCUT2D eigenvalue weighted by Crippen LogP contribution is -2.37. The minimum Gasteiger partial charge on any atom is -0.322 e. The number of tetrazole rings is 1. The summed E-state index contributed by atoms with van der Waals surface area (Å²) < 4.78 is 1.85. The molecule has 2 heterocycles. The number of hydrogen-bond acceptors (Lipinski definition) is 5. The normalized spacial score (nSPS) is 13.2. The highest BCUT2D eigenvalue weighted by Gasteiger charge is 2.33. The van der Waals surface area contributed by atoms with Crippen molar-refractivity contribution in [2.45, 2.75) is 78.6 Å². The van der Waals surface area contributed by atoms with Gasteiger partial charge in [0.1, 0.15) is 6.04 Å². The third-order valence-corrected chi connectivity index (χ3v) is 7.50. The van der Waals surface area contributed by atoms with Crippen LogP contribution in [0.4, 0.5) is 0 Å². The molecular weight excluding hydrogens is 508 g/mol. The topological polar surface area (TPSA) is 79.7 Å². The van der Waals surface area contributed by atoms with Crippen molar-refractivity contribution in [3.05, 3.63) is 123 Å². The molecule has 1 N–H and O–H groups in total. The molecule has 2 aromatic heterocycles. The predicted molar refractivity (Wildman–Crippen MR) is 165 cm³/mol. The fourth-order valence-electron chi connectivity index (χ4n) is 5.29. The van der Waals surface area contributed by atoms with Gasteiger partial charge in [-0.1, -0.05) is 87.0 Å². The van der Waals surface area contributed by atoms with Gasteiger partial charge in [0.25, 0.3) is 5.56 Å². The summed E-state index contributed by atoms with van der Waals surface area (Å²) in [6, 6.07) is 26.7. The lowest BCUT2D eigenvalue weighted by Gasteiger charge is -2.33. The van der Waals surface area contributed by atoms with Gasteiger partial charge in [0.05, 0.1) is 5.54 Å². The van der Waals surface area contributed by atoms with Crippen molar-refractivity contribution in [2.75, 3.05) is 0 Å². The molecule has 0 radical (unpaired) electrons. The molecule has 0 spiro atoms. The summed E-state index contributed by atoms with van der Waals surface area (Å²) in [6.45, 7) is 16.2. The average molecular weight is 549 g/mol. The van der Waals surface area contributed by atoms with Gasteiger partial charge in [-0.05, 0) is 83.8 Å².